The molecule has 2 atom stereocenters. The lowest BCUT2D eigenvalue weighted by atomic mass is 10.0. The molecule has 0 radical (unpaired) electrons. The second-order valence-electron chi connectivity index (χ2n) is 5.59. The summed E-state index contributed by atoms with van der Waals surface area (Å²) < 4.78 is 2.39. The topological polar surface area (TPSA) is 17.8 Å². The van der Waals surface area contributed by atoms with Gasteiger partial charge in [-0.2, -0.15) is 0 Å². The van der Waals surface area contributed by atoms with Crippen LogP contribution in [-0.4, -0.2) is 20.6 Å². The molecule has 0 aliphatic carbocycles. The highest BCUT2D eigenvalue weighted by Gasteiger charge is 2.40. The first-order valence-corrected chi connectivity index (χ1v) is 9.45. The summed E-state index contributed by atoms with van der Waals surface area (Å²) in [5.74, 6) is 1.24. The minimum Gasteiger partial charge on any atom is -0.337 e. The van der Waals surface area contributed by atoms with E-state index in [1.165, 1.54) is 16.9 Å². The molecule has 112 valence electrons. The number of benzene rings is 1. The number of nitrogens with zero attached hydrogens (tertiary/aromatic N) is 2. The van der Waals surface area contributed by atoms with Crippen molar-refractivity contribution >= 4 is 23.5 Å². The summed E-state index contributed by atoms with van der Waals surface area (Å²) in [6, 6.07) is 9.26. The van der Waals surface area contributed by atoms with E-state index in [1.54, 1.807) is 0 Å². The normalized spacial score (nSPS) is 25.3. The van der Waals surface area contributed by atoms with Gasteiger partial charge in [-0.25, -0.2) is 4.98 Å². The maximum atomic E-state index is 4.15. The molecular formula is C17H22N2S2. The van der Waals surface area contributed by atoms with Gasteiger partial charge in [-0.3, -0.25) is 0 Å². The molecule has 2 heterocycles. The molecule has 2 aromatic rings. The molecule has 1 aliphatic heterocycles. The highest BCUT2D eigenvalue weighted by Crippen LogP contribution is 2.57. The van der Waals surface area contributed by atoms with Crippen LogP contribution in [0.25, 0.3) is 0 Å². The van der Waals surface area contributed by atoms with Gasteiger partial charge >= 0.3 is 0 Å². The first kappa shape index (κ1) is 15.0. The lowest BCUT2D eigenvalue weighted by molar-refractivity contribution is 0.614. The van der Waals surface area contributed by atoms with Crippen molar-refractivity contribution in [2.75, 3.05) is 5.75 Å². The maximum absolute atomic E-state index is 4.15. The van der Waals surface area contributed by atoms with Crippen molar-refractivity contribution in [1.82, 2.24) is 9.55 Å². The van der Waals surface area contributed by atoms with Crippen LogP contribution in [0, 0.1) is 0 Å². The largest absolute Gasteiger partial charge is 0.337 e. The molecule has 21 heavy (non-hydrogen) atoms. The third-order valence-electron chi connectivity index (χ3n) is 4.00. The van der Waals surface area contributed by atoms with Gasteiger partial charge in [0, 0.05) is 29.9 Å². The Morgan fingerprint density at radius 2 is 2.14 bits per heavy atom. The zero-order chi connectivity index (χ0) is 14.7. The monoisotopic (exact) mass is 318 g/mol. The second-order valence-corrected chi connectivity index (χ2v) is 8.91. The van der Waals surface area contributed by atoms with Crippen LogP contribution in [0.1, 0.15) is 31.4 Å². The van der Waals surface area contributed by atoms with Gasteiger partial charge in [-0.05, 0) is 24.0 Å². The van der Waals surface area contributed by atoms with Gasteiger partial charge in [0.05, 0.1) is 10.4 Å². The molecule has 1 saturated heterocycles. The summed E-state index contributed by atoms with van der Waals surface area (Å²) in [6.45, 7) is 5.59. The molecule has 0 bridgehead atoms. The van der Waals surface area contributed by atoms with Gasteiger partial charge in [-0.15, -0.1) is 23.5 Å². The summed E-state index contributed by atoms with van der Waals surface area (Å²) in [4.78, 5) is 4.15. The molecule has 0 spiro atoms. The van der Waals surface area contributed by atoms with Crippen LogP contribution in [-0.2, 0) is 17.0 Å². The van der Waals surface area contributed by atoms with Crippen molar-refractivity contribution in [2.45, 2.75) is 42.6 Å². The van der Waals surface area contributed by atoms with Gasteiger partial charge in [0.2, 0.25) is 0 Å². The van der Waals surface area contributed by atoms with Gasteiger partial charge in [-0.1, -0.05) is 38.1 Å². The Bertz CT molecular complexity index is 565. The molecule has 0 N–H and O–H groups in total. The van der Waals surface area contributed by atoms with Crippen LogP contribution < -0.4 is 0 Å². The van der Waals surface area contributed by atoms with Crippen LogP contribution in [0.4, 0.5) is 0 Å². The summed E-state index contributed by atoms with van der Waals surface area (Å²) in [6.07, 6.45) is 8.09. The molecule has 1 aromatic carbocycles. The van der Waals surface area contributed by atoms with Crippen molar-refractivity contribution in [3.63, 3.8) is 0 Å². The van der Waals surface area contributed by atoms with Crippen LogP contribution in [0.3, 0.4) is 0 Å². The van der Waals surface area contributed by atoms with Crippen molar-refractivity contribution in [3.05, 3.63) is 54.1 Å². The van der Waals surface area contributed by atoms with E-state index in [-0.39, 0.29) is 4.08 Å². The molecule has 1 fully saturated rings. The first-order valence-electron chi connectivity index (χ1n) is 7.59. The standard InChI is InChI=1S/C17H22N2S2/c1-3-15-4-6-16(7-5-15)17(20-12-14(2)21-17)8-10-19-11-9-18-13-19/h4-7,9,11,13-14H,3,8,10,12H2,1-2H3. The number of hydrogen-bond donors (Lipinski definition) is 0. The van der Waals surface area contributed by atoms with E-state index in [1.807, 2.05) is 12.5 Å². The van der Waals surface area contributed by atoms with Crippen LogP contribution in [0.15, 0.2) is 43.0 Å². The quantitative estimate of drug-likeness (QED) is 0.805. The van der Waals surface area contributed by atoms with E-state index in [2.05, 4.69) is 77.4 Å². The number of aryl methyl sites for hydroxylation is 2. The molecule has 1 aromatic heterocycles. The van der Waals surface area contributed by atoms with Crippen molar-refractivity contribution < 1.29 is 0 Å². The molecule has 2 unspecified atom stereocenters. The molecular weight excluding hydrogens is 296 g/mol. The highest BCUT2D eigenvalue weighted by atomic mass is 32.2. The molecule has 0 amide bonds. The lowest BCUT2D eigenvalue weighted by Crippen LogP contribution is -2.18. The second kappa shape index (κ2) is 6.49. The van der Waals surface area contributed by atoms with Gasteiger partial charge in [0.15, 0.2) is 0 Å². The van der Waals surface area contributed by atoms with Crippen LogP contribution in [0.5, 0.6) is 0 Å². The van der Waals surface area contributed by atoms with Crippen molar-refractivity contribution in [2.24, 2.45) is 0 Å². The third-order valence-corrected chi connectivity index (χ3v) is 7.82. The van der Waals surface area contributed by atoms with Crippen molar-refractivity contribution in [3.8, 4) is 0 Å². The molecule has 0 saturated carbocycles. The zero-order valence-electron chi connectivity index (χ0n) is 12.7. The average Bonchev–Trinajstić information content (AvgIpc) is 3.16. The summed E-state index contributed by atoms with van der Waals surface area (Å²) >= 11 is 4.25. The fourth-order valence-corrected chi connectivity index (χ4v) is 6.38. The Morgan fingerprint density at radius 3 is 2.71 bits per heavy atom. The van der Waals surface area contributed by atoms with E-state index < -0.39 is 0 Å². The average molecular weight is 319 g/mol. The fraction of sp³-hybridized carbons (Fsp3) is 0.471. The van der Waals surface area contributed by atoms with E-state index >= 15 is 0 Å². The summed E-state index contributed by atoms with van der Waals surface area (Å²) in [5.41, 5.74) is 2.89. The highest BCUT2D eigenvalue weighted by molar-refractivity contribution is 8.20. The number of thioether (sulfide) groups is 2. The van der Waals surface area contributed by atoms with E-state index in [0.29, 0.717) is 0 Å². The Morgan fingerprint density at radius 1 is 1.33 bits per heavy atom. The minimum absolute atomic E-state index is 0.204. The van der Waals surface area contributed by atoms with E-state index in [0.717, 1.165) is 24.6 Å². The van der Waals surface area contributed by atoms with E-state index in [9.17, 15) is 0 Å². The Hall–Kier alpha value is -0.870. The molecule has 1 aliphatic rings. The first-order chi connectivity index (χ1) is 10.2. The predicted molar refractivity (Wildman–Crippen MR) is 93.9 cm³/mol. The van der Waals surface area contributed by atoms with Gasteiger partial charge < -0.3 is 4.57 Å². The Balaban J connectivity index is 1.82. The number of aromatic nitrogens is 2. The van der Waals surface area contributed by atoms with Crippen molar-refractivity contribution in [1.29, 1.82) is 0 Å². The fourth-order valence-electron chi connectivity index (χ4n) is 2.76. The summed E-state index contributed by atoms with van der Waals surface area (Å²) in [7, 11) is 0. The SMILES string of the molecule is CCc1ccc(C2(CCn3ccnc3)SCC(C)S2)cc1. The number of imidazole rings is 1. The lowest BCUT2D eigenvalue weighted by Gasteiger charge is -2.29. The Kier molecular flexibility index (Phi) is 4.65. The molecule has 4 heteroatoms. The zero-order valence-corrected chi connectivity index (χ0v) is 14.3. The number of hydrogen-bond acceptors (Lipinski definition) is 3. The smallest absolute Gasteiger partial charge is 0.0945 e. The van der Waals surface area contributed by atoms with E-state index in [4.69, 9.17) is 0 Å². The van der Waals surface area contributed by atoms with Crippen LogP contribution >= 0.6 is 23.5 Å². The van der Waals surface area contributed by atoms with Gasteiger partial charge in [0.25, 0.3) is 0 Å². The molecule has 3 rings (SSSR count). The Labute approximate surface area is 135 Å². The molecule has 2 nitrogen and oxygen atoms in total. The maximum Gasteiger partial charge on any atom is 0.0945 e. The third kappa shape index (κ3) is 3.32. The summed E-state index contributed by atoms with van der Waals surface area (Å²) in [5, 5.41) is 0.726. The minimum atomic E-state index is 0.204. The predicted octanol–water partition coefficient (Wildman–Crippen LogP) is 4.56. The van der Waals surface area contributed by atoms with Gasteiger partial charge in [0.1, 0.15) is 0 Å². The number of rotatable bonds is 5. The van der Waals surface area contributed by atoms with Crippen LogP contribution in [0.2, 0.25) is 0 Å².